The van der Waals surface area contributed by atoms with E-state index in [2.05, 4.69) is 21.9 Å². The molecular weight excluding hydrogens is 356 g/mol. The van der Waals surface area contributed by atoms with Gasteiger partial charge in [-0.3, -0.25) is 0 Å². The van der Waals surface area contributed by atoms with Crippen LogP contribution in [-0.2, 0) is 0 Å². The van der Waals surface area contributed by atoms with Crippen molar-refractivity contribution in [3.63, 3.8) is 0 Å². The van der Waals surface area contributed by atoms with Gasteiger partial charge in [-0.2, -0.15) is 0 Å². The lowest BCUT2D eigenvalue weighted by molar-refractivity contribution is 0.410. The Morgan fingerprint density at radius 3 is 2.38 bits per heavy atom. The van der Waals surface area contributed by atoms with Crippen LogP contribution in [0, 0.1) is 25.5 Å². The summed E-state index contributed by atoms with van der Waals surface area (Å²) < 4.78 is 30.2. The number of thiazole rings is 1. The lowest BCUT2D eigenvalue weighted by atomic mass is 10.2. The molecule has 0 aliphatic heterocycles. The Morgan fingerprint density at radius 2 is 1.92 bits per heavy atom. The molecule has 0 atom stereocenters. The summed E-state index contributed by atoms with van der Waals surface area (Å²) in [6.45, 7) is 7.22. The van der Waals surface area contributed by atoms with Crippen LogP contribution < -0.4 is 10.1 Å². The molecule has 2 aromatic heterocycles. The molecule has 0 bridgehead atoms. The van der Waals surface area contributed by atoms with Crippen LogP contribution in [0.2, 0.25) is 0 Å². The quantitative estimate of drug-likeness (QED) is 0.653. The highest BCUT2D eigenvalue weighted by molar-refractivity contribution is 7.13. The maximum atomic E-state index is 12.5. The summed E-state index contributed by atoms with van der Waals surface area (Å²) in [5.41, 5.74) is 1.99. The van der Waals surface area contributed by atoms with Gasteiger partial charge in [0, 0.05) is 10.9 Å². The van der Waals surface area contributed by atoms with Crippen LogP contribution >= 0.6 is 11.3 Å². The van der Waals surface area contributed by atoms with Crippen molar-refractivity contribution >= 4 is 28.4 Å². The monoisotopic (exact) mass is 375 g/mol. The second kappa shape index (κ2) is 9.05. The normalized spacial score (nSPS) is 9.88. The van der Waals surface area contributed by atoms with Crippen molar-refractivity contribution in [1.82, 2.24) is 9.97 Å². The molecule has 0 spiro atoms. The van der Waals surface area contributed by atoms with Gasteiger partial charge in [-0.05, 0) is 37.6 Å². The van der Waals surface area contributed by atoms with Crippen molar-refractivity contribution in [2.45, 2.75) is 13.8 Å². The Kier molecular flexibility index (Phi) is 6.80. The number of pyridine rings is 1. The standard InChI is InChI=1S/C11H13N3OS.C8H6F2/c1-7-4-10(12-5-9(7)15-3)14-11-13-8(2)6-16-11;1-2-6-7(9)4-3-5-8(6)10/h4-6H,1-3H3,(H,12,13,14);2-5H,1H2. The summed E-state index contributed by atoms with van der Waals surface area (Å²) >= 11 is 1.57. The van der Waals surface area contributed by atoms with E-state index >= 15 is 0 Å². The Morgan fingerprint density at radius 1 is 1.23 bits per heavy atom. The molecule has 0 saturated carbocycles. The lowest BCUT2D eigenvalue weighted by Crippen LogP contribution is -1.95. The van der Waals surface area contributed by atoms with E-state index < -0.39 is 11.6 Å². The van der Waals surface area contributed by atoms with Crippen molar-refractivity contribution in [3.8, 4) is 5.75 Å². The van der Waals surface area contributed by atoms with E-state index in [0.29, 0.717) is 0 Å². The van der Waals surface area contributed by atoms with E-state index in [9.17, 15) is 8.78 Å². The number of methoxy groups -OCH3 is 1. The summed E-state index contributed by atoms with van der Waals surface area (Å²) in [6, 6.07) is 5.65. The fourth-order valence-corrected chi connectivity index (χ4v) is 2.75. The van der Waals surface area contributed by atoms with Gasteiger partial charge in [0.25, 0.3) is 0 Å². The van der Waals surface area contributed by atoms with Gasteiger partial charge in [-0.15, -0.1) is 11.3 Å². The Balaban J connectivity index is 0.000000209. The number of halogens is 2. The SMILES string of the molecule is C=Cc1c(F)cccc1F.COc1cnc(Nc2nc(C)cs2)cc1C. The number of ether oxygens (including phenoxy) is 1. The van der Waals surface area contributed by atoms with Gasteiger partial charge in [0.15, 0.2) is 5.13 Å². The molecule has 0 amide bonds. The first kappa shape index (κ1) is 19.5. The molecule has 0 aliphatic carbocycles. The number of nitrogens with zero attached hydrogens (tertiary/aromatic N) is 2. The smallest absolute Gasteiger partial charge is 0.188 e. The lowest BCUT2D eigenvalue weighted by Gasteiger charge is -2.06. The number of hydrogen-bond acceptors (Lipinski definition) is 5. The number of benzene rings is 1. The van der Waals surface area contributed by atoms with Crippen LogP contribution in [0.15, 0.2) is 42.4 Å². The van der Waals surface area contributed by atoms with Gasteiger partial charge in [-0.1, -0.05) is 18.7 Å². The minimum Gasteiger partial charge on any atom is -0.495 e. The highest BCUT2D eigenvalue weighted by Crippen LogP contribution is 2.23. The molecule has 1 aromatic carbocycles. The Bertz CT molecular complexity index is 876. The van der Waals surface area contributed by atoms with Crippen LogP contribution in [0.25, 0.3) is 6.08 Å². The first-order valence-corrected chi connectivity index (χ1v) is 8.58. The van der Waals surface area contributed by atoms with Gasteiger partial charge in [-0.25, -0.2) is 18.7 Å². The number of nitrogens with one attached hydrogen (secondary N) is 1. The molecule has 136 valence electrons. The first-order chi connectivity index (χ1) is 12.4. The van der Waals surface area contributed by atoms with Crippen molar-refractivity contribution in [3.05, 3.63) is 70.9 Å². The minimum absolute atomic E-state index is 0.0671. The summed E-state index contributed by atoms with van der Waals surface area (Å²) in [7, 11) is 1.64. The van der Waals surface area contributed by atoms with E-state index in [1.165, 1.54) is 18.2 Å². The minimum atomic E-state index is -0.574. The Labute approximate surface area is 155 Å². The first-order valence-electron chi connectivity index (χ1n) is 7.70. The Hall–Kier alpha value is -2.80. The summed E-state index contributed by atoms with van der Waals surface area (Å²) in [6.07, 6.45) is 2.86. The predicted molar refractivity (Wildman–Crippen MR) is 102 cm³/mol. The third-order valence-electron chi connectivity index (χ3n) is 3.34. The van der Waals surface area contributed by atoms with Crippen LogP contribution in [0.3, 0.4) is 0 Å². The van der Waals surface area contributed by atoms with Gasteiger partial charge >= 0.3 is 0 Å². The molecule has 2 heterocycles. The van der Waals surface area contributed by atoms with Crippen molar-refractivity contribution in [2.75, 3.05) is 12.4 Å². The topological polar surface area (TPSA) is 47.0 Å². The number of aryl methyl sites for hydroxylation is 2. The molecule has 7 heteroatoms. The molecule has 3 aromatic rings. The summed E-state index contributed by atoms with van der Waals surface area (Å²) in [4.78, 5) is 8.56. The van der Waals surface area contributed by atoms with Gasteiger partial charge in [0.2, 0.25) is 0 Å². The highest BCUT2D eigenvalue weighted by Gasteiger charge is 2.04. The molecule has 0 aliphatic rings. The molecule has 0 radical (unpaired) electrons. The average molecular weight is 375 g/mol. The molecule has 4 nitrogen and oxygen atoms in total. The second-order valence-electron chi connectivity index (χ2n) is 5.30. The fraction of sp³-hybridized carbons (Fsp3) is 0.158. The number of anilines is 2. The van der Waals surface area contributed by atoms with Crippen molar-refractivity contribution in [1.29, 1.82) is 0 Å². The largest absolute Gasteiger partial charge is 0.495 e. The molecule has 1 N–H and O–H groups in total. The van der Waals surface area contributed by atoms with Crippen molar-refractivity contribution in [2.24, 2.45) is 0 Å². The molecule has 26 heavy (non-hydrogen) atoms. The molecular formula is C19H19F2N3OS. The highest BCUT2D eigenvalue weighted by atomic mass is 32.1. The van der Waals surface area contributed by atoms with Gasteiger partial charge < -0.3 is 10.1 Å². The maximum Gasteiger partial charge on any atom is 0.188 e. The predicted octanol–water partition coefficient (Wildman–Crippen LogP) is 5.51. The molecule has 0 saturated heterocycles. The third kappa shape index (κ3) is 5.10. The molecule has 0 fully saturated rings. The maximum absolute atomic E-state index is 12.5. The van der Waals surface area contributed by atoms with E-state index in [1.54, 1.807) is 24.6 Å². The van der Waals surface area contributed by atoms with Crippen molar-refractivity contribution < 1.29 is 13.5 Å². The molecule has 0 unspecified atom stereocenters. The van der Waals surface area contributed by atoms with Crippen LogP contribution in [0.1, 0.15) is 16.8 Å². The zero-order valence-corrected chi connectivity index (χ0v) is 15.5. The van der Waals surface area contributed by atoms with E-state index in [-0.39, 0.29) is 5.56 Å². The summed E-state index contributed by atoms with van der Waals surface area (Å²) in [5.74, 6) is 0.429. The fourth-order valence-electron chi connectivity index (χ4n) is 2.05. The number of rotatable bonds is 4. The van der Waals surface area contributed by atoms with E-state index in [0.717, 1.165) is 34.0 Å². The third-order valence-corrected chi connectivity index (χ3v) is 4.22. The molecule has 3 rings (SSSR count). The summed E-state index contributed by atoms with van der Waals surface area (Å²) in [5, 5.41) is 6.01. The van der Waals surface area contributed by atoms with E-state index in [4.69, 9.17) is 4.74 Å². The van der Waals surface area contributed by atoms with Gasteiger partial charge in [0.05, 0.1) is 19.0 Å². The van der Waals surface area contributed by atoms with Crippen LogP contribution in [-0.4, -0.2) is 17.1 Å². The number of hydrogen-bond donors (Lipinski definition) is 1. The number of aromatic nitrogens is 2. The van der Waals surface area contributed by atoms with Gasteiger partial charge in [0.1, 0.15) is 23.2 Å². The zero-order chi connectivity index (χ0) is 19.1. The van der Waals surface area contributed by atoms with E-state index in [1.807, 2.05) is 25.3 Å². The van der Waals surface area contributed by atoms with Crippen LogP contribution in [0.5, 0.6) is 5.75 Å². The average Bonchev–Trinajstić information content (AvgIpc) is 3.01. The zero-order valence-electron chi connectivity index (χ0n) is 14.7. The second-order valence-corrected chi connectivity index (χ2v) is 6.16. The van der Waals surface area contributed by atoms with Crippen LogP contribution in [0.4, 0.5) is 19.7 Å².